The van der Waals surface area contributed by atoms with Gasteiger partial charge in [-0.2, -0.15) is 5.26 Å². The second-order valence-electron chi connectivity index (χ2n) is 7.96. The highest BCUT2D eigenvalue weighted by Crippen LogP contribution is 2.21. The van der Waals surface area contributed by atoms with E-state index in [2.05, 4.69) is 28.2 Å². The number of rotatable bonds is 9. The molecule has 1 aromatic carbocycles. The van der Waals surface area contributed by atoms with Gasteiger partial charge in [-0.25, -0.2) is 4.98 Å². The number of hydrogen-bond donors (Lipinski definition) is 1. The number of thiazole rings is 1. The van der Waals surface area contributed by atoms with Crippen LogP contribution in [0.4, 0.5) is 10.8 Å². The summed E-state index contributed by atoms with van der Waals surface area (Å²) in [5, 5.41) is 14.3. The molecule has 0 aliphatic carbocycles. The fourth-order valence-corrected chi connectivity index (χ4v) is 4.52. The first-order valence-corrected chi connectivity index (χ1v) is 11.6. The number of hydrogen-bond acceptors (Lipinski definition) is 6. The van der Waals surface area contributed by atoms with E-state index in [4.69, 9.17) is 5.26 Å². The molecule has 0 radical (unpaired) electrons. The molecule has 31 heavy (non-hydrogen) atoms. The number of para-hydroxylation sites is 1. The van der Waals surface area contributed by atoms with E-state index >= 15 is 0 Å². The van der Waals surface area contributed by atoms with E-state index in [0.29, 0.717) is 17.6 Å². The Balaban J connectivity index is 1.48. The van der Waals surface area contributed by atoms with Gasteiger partial charge in [0.1, 0.15) is 0 Å². The molecular formula is C23H29N5O2S. The van der Waals surface area contributed by atoms with Crippen LogP contribution in [0.15, 0.2) is 35.7 Å². The highest BCUT2D eigenvalue weighted by atomic mass is 32.1. The summed E-state index contributed by atoms with van der Waals surface area (Å²) in [5.74, 6) is 0.317. The van der Waals surface area contributed by atoms with E-state index in [1.807, 2.05) is 35.7 Å². The van der Waals surface area contributed by atoms with E-state index in [0.717, 1.165) is 31.0 Å². The first kappa shape index (κ1) is 22.9. The lowest BCUT2D eigenvalue weighted by molar-refractivity contribution is -0.122. The Morgan fingerprint density at radius 2 is 2.13 bits per heavy atom. The topological polar surface area (TPSA) is 89.3 Å². The fraction of sp³-hybridized carbons (Fsp3) is 0.478. The maximum atomic E-state index is 12.7. The summed E-state index contributed by atoms with van der Waals surface area (Å²) in [6.07, 6.45) is 2.90. The first-order chi connectivity index (χ1) is 15.0. The van der Waals surface area contributed by atoms with E-state index in [9.17, 15) is 9.59 Å². The lowest BCUT2D eigenvalue weighted by Crippen LogP contribution is -2.33. The van der Waals surface area contributed by atoms with Crippen molar-refractivity contribution in [1.29, 1.82) is 5.26 Å². The van der Waals surface area contributed by atoms with Crippen molar-refractivity contribution in [3.05, 3.63) is 41.4 Å². The molecule has 3 rings (SSSR count). The molecule has 2 heterocycles. The first-order valence-electron chi connectivity index (χ1n) is 10.7. The Labute approximate surface area is 187 Å². The zero-order chi connectivity index (χ0) is 22.1. The summed E-state index contributed by atoms with van der Waals surface area (Å²) in [6, 6.07) is 11.3. The quantitative estimate of drug-likeness (QED) is 0.637. The standard InChI is InChI=1S/C23H29N5O2S/c1-18-7-5-13-27(15-18)16-19-17-31-23(25-19)26-21(29)10-11-22(30)28(14-6-12-24)20-8-3-2-4-9-20/h2-4,8-9,17-18H,5-7,10-11,13-16H2,1H3,(H,25,26,29). The van der Waals surface area contributed by atoms with Crippen LogP contribution in [0.3, 0.4) is 0 Å². The van der Waals surface area contributed by atoms with Gasteiger partial charge in [-0.1, -0.05) is 25.1 Å². The molecular weight excluding hydrogens is 410 g/mol. The van der Waals surface area contributed by atoms with Gasteiger partial charge in [-0.05, 0) is 37.4 Å². The number of carbonyl (C=O) groups is 2. The van der Waals surface area contributed by atoms with Gasteiger partial charge < -0.3 is 10.2 Å². The Kier molecular flexibility index (Phi) is 8.56. The number of anilines is 2. The van der Waals surface area contributed by atoms with Crippen LogP contribution in [0.25, 0.3) is 0 Å². The molecule has 2 aromatic rings. The molecule has 1 atom stereocenters. The Morgan fingerprint density at radius 3 is 2.87 bits per heavy atom. The average molecular weight is 440 g/mol. The van der Waals surface area contributed by atoms with Gasteiger partial charge in [0.05, 0.1) is 18.2 Å². The van der Waals surface area contributed by atoms with E-state index in [1.165, 1.54) is 24.2 Å². The van der Waals surface area contributed by atoms with Crippen LogP contribution in [-0.4, -0.2) is 41.3 Å². The van der Waals surface area contributed by atoms with Gasteiger partial charge in [-0.15, -0.1) is 11.3 Å². The predicted molar refractivity (Wildman–Crippen MR) is 123 cm³/mol. The molecule has 1 unspecified atom stereocenters. The van der Waals surface area contributed by atoms with Crippen LogP contribution in [-0.2, 0) is 16.1 Å². The van der Waals surface area contributed by atoms with Gasteiger partial charge in [0.15, 0.2) is 5.13 Å². The number of nitrogens with one attached hydrogen (secondary N) is 1. The second-order valence-corrected chi connectivity index (χ2v) is 8.82. The summed E-state index contributed by atoms with van der Waals surface area (Å²) < 4.78 is 0. The predicted octanol–water partition coefficient (Wildman–Crippen LogP) is 4.04. The van der Waals surface area contributed by atoms with Gasteiger partial charge in [-0.3, -0.25) is 14.5 Å². The molecule has 1 fully saturated rings. The number of benzene rings is 1. The van der Waals surface area contributed by atoms with Crippen LogP contribution in [0.1, 0.15) is 44.7 Å². The van der Waals surface area contributed by atoms with Crippen molar-refractivity contribution in [2.75, 3.05) is 29.9 Å². The van der Waals surface area contributed by atoms with Crippen LogP contribution in [0.5, 0.6) is 0 Å². The number of piperidine rings is 1. The van der Waals surface area contributed by atoms with Crippen LogP contribution in [0.2, 0.25) is 0 Å². The average Bonchev–Trinajstić information content (AvgIpc) is 3.20. The van der Waals surface area contributed by atoms with Crippen LogP contribution in [0, 0.1) is 17.2 Å². The summed E-state index contributed by atoms with van der Waals surface area (Å²) in [7, 11) is 0. The highest BCUT2D eigenvalue weighted by molar-refractivity contribution is 7.13. The number of nitriles is 1. The number of aromatic nitrogens is 1. The number of likely N-dealkylation sites (tertiary alicyclic amines) is 1. The summed E-state index contributed by atoms with van der Waals surface area (Å²) >= 11 is 1.41. The van der Waals surface area contributed by atoms with Crippen molar-refractivity contribution in [1.82, 2.24) is 9.88 Å². The van der Waals surface area contributed by atoms with Gasteiger partial charge >= 0.3 is 0 Å². The number of carbonyl (C=O) groups excluding carboxylic acids is 2. The van der Waals surface area contributed by atoms with Gasteiger partial charge in [0.2, 0.25) is 11.8 Å². The van der Waals surface area contributed by atoms with Crippen molar-refractivity contribution in [2.45, 2.75) is 45.6 Å². The molecule has 7 nitrogen and oxygen atoms in total. The molecule has 1 aliphatic rings. The minimum absolute atomic E-state index is 0.0767. The lowest BCUT2D eigenvalue weighted by Gasteiger charge is -2.30. The zero-order valence-electron chi connectivity index (χ0n) is 17.9. The maximum Gasteiger partial charge on any atom is 0.227 e. The van der Waals surface area contributed by atoms with E-state index < -0.39 is 0 Å². The van der Waals surface area contributed by atoms with Crippen molar-refractivity contribution in [2.24, 2.45) is 5.92 Å². The third-order valence-corrected chi connectivity index (χ3v) is 6.11. The molecule has 0 spiro atoms. The smallest absolute Gasteiger partial charge is 0.227 e. The van der Waals surface area contributed by atoms with Crippen LogP contribution >= 0.6 is 11.3 Å². The minimum Gasteiger partial charge on any atom is -0.311 e. The zero-order valence-corrected chi connectivity index (χ0v) is 18.7. The SMILES string of the molecule is CC1CCCN(Cc2csc(NC(=O)CCC(=O)N(CCC#N)c3ccccc3)n2)C1. The minimum atomic E-state index is -0.228. The van der Waals surface area contributed by atoms with Crippen molar-refractivity contribution in [3.8, 4) is 6.07 Å². The van der Waals surface area contributed by atoms with Gasteiger partial charge in [0.25, 0.3) is 0 Å². The van der Waals surface area contributed by atoms with Crippen molar-refractivity contribution >= 4 is 34.0 Å². The molecule has 2 amide bonds. The van der Waals surface area contributed by atoms with Crippen molar-refractivity contribution < 1.29 is 9.59 Å². The van der Waals surface area contributed by atoms with E-state index in [1.54, 1.807) is 4.90 Å². The molecule has 0 bridgehead atoms. The molecule has 0 saturated carbocycles. The summed E-state index contributed by atoms with van der Waals surface area (Å²) in [4.78, 5) is 33.5. The lowest BCUT2D eigenvalue weighted by atomic mass is 10.0. The van der Waals surface area contributed by atoms with Crippen molar-refractivity contribution in [3.63, 3.8) is 0 Å². The molecule has 8 heteroatoms. The normalized spacial score (nSPS) is 16.5. The summed E-state index contributed by atoms with van der Waals surface area (Å²) in [6.45, 7) is 5.58. The van der Waals surface area contributed by atoms with Crippen LogP contribution < -0.4 is 10.2 Å². The molecule has 164 valence electrons. The summed E-state index contributed by atoms with van der Waals surface area (Å²) in [5.41, 5.74) is 1.71. The fourth-order valence-electron chi connectivity index (χ4n) is 3.80. The number of amides is 2. The Hall–Kier alpha value is -2.76. The molecule has 1 saturated heterocycles. The van der Waals surface area contributed by atoms with E-state index in [-0.39, 0.29) is 31.1 Å². The Bertz CT molecular complexity index is 908. The third-order valence-electron chi connectivity index (χ3n) is 5.31. The van der Waals surface area contributed by atoms with Gasteiger partial charge in [0, 0.05) is 43.5 Å². The monoisotopic (exact) mass is 439 g/mol. The third kappa shape index (κ3) is 7.16. The Morgan fingerprint density at radius 1 is 1.32 bits per heavy atom. The number of nitrogens with zero attached hydrogens (tertiary/aromatic N) is 4. The highest BCUT2D eigenvalue weighted by Gasteiger charge is 2.19. The maximum absolute atomic E-state index is 12.7. The second kappa shape index (κ2) is 11.6. The molecule has 1 N–H and O–H groups in total. The molecule has 1 aromatic heterocycles. The molecule has 1 aliphatic heterocycles. The largest absolute Gasteiger partial charge is 0.311 e.